The van der Waals surface area contributed by atoms with Gasteiger partial charge in [0.15, 0.2) is 5.67 Å². The molecule has 0 aliphatic rings. The predicted molar refractivity (Wildman–Crippen MR) is 140 cm³/mol. The van der Waals surface area contributed by atoms with Gasteiger partial charge in [0, 0.05) is 34.0 Å². The maximum absolute atomic E-state index is 15.0. The molecule has 1 N–H and O–H groups in total. The molecule has 0 bridgehead atoms. The fraction of sp³-hybridized carbons (Fsp3) is 0.222. The van der Waals surface area contributed by atoms with Gasteiger partial charge in [0.1, 0.15) is 17.3 Å². The summed E-state index contributed by atoms with van der Waals surface area (Å²) >= 11 is 12.5. The lowest BCUT2D eigenvalue weighted by Gasteiger charge is -2.25. The normalized spacial score (nSPS) is 15.2. The molecule has 8 heteroatoms. The van der Waals surface area contributed by atoms with Gasteiger partial charge in [-0.3, -0.25) is 9.78 Å². The molecule has 0 spiro atoms. The lowest BCUT2D eigenvalue weighted by molar-refractivity contribution is 0.263. The first-order valence-corrected chi connectivity index (χ1v) is 11.6. The quantitative estimate of drug-likeness (QED) is 0.313. The van der Waals surface area contributed by atoms with Crippen molar-refractivity contribution in [3.63, 3.8) is 0 Å². The third-order valence-electron chi connectivity index (χ3n) is 5.51. The zero-order valence-corrected chi connectivity index (χ0v) is 21.4. The van der Waals surface area contributed by atoms with E-state index in [0.29, 0.717) is 16.3 Å². The van der Waals surface area contributed by atoms with Crippen molar-refractivity contribution in [1.82, 2.24) is 15.0 Å². The van der Waals surface area contributed by atoms with Crippen LogP contribution in [0.4, 0.5) is 4.39 Å². The highest BCUT2D eigenvalue weighted by molar-refractivity contribution is 6.33. The fourth-order valence-corrected chi connectivity index (χ4v) is 4.20. The first kappa shape index (κ1) is 26.4. The molecule has 0 aliphatic carbocycles. The molecule has 35 heavy (non-hydrogen) atoms. The van der Waals surface area contributed by atoms with Crippen molar-refractivity contribution < 1.29 is 9.13 Å². The Balaban J connectivity index is 2.27. The second-order valence-electron chi connectivity index (χ2n) is 8.25. The first-order chi connectivity index (χ1) is 16.6. The minimum Gasteiger partial charge on any atom is -0.450 e. The molecule has 1 unspecified atom stereocenters. The second kappa shape index (κ2) is 10.6. The highest BCUT2D eigenvalue weighted by atomic mass is 35.5. The number of halogens is 3. The smallest absolute Gasteiger partial charge is 0.294 e. The number of rotatable bonds is 8. The molecule has 5 nitrogen and oxygen atoms in total. The molecule has 182 valence electrons. The molecule has 0 saturated carbocycles. The number of allylic oxidation sites excluding steroid dienone is 5. The summed E-state index contributed by atoms with van der Waals surface area (Å²) in [6, 6.07) is 6.18. The zero-order chi connectivity index (χ0) is 25.8. The summed E-state index contributed by atoms with van der Waals surface area (Å²) in [6.07, 6.45) is 11.7. The van der Waals surface area contributed by atoms with Crippen LogP contribution in [0.5, 0.6) is 11.5 Å². The Hall–Kier alpha value is -3.22. The predicted octanol–water partition coefficient (Wildman–Crippen LogP) is 7.71. The van der Waals surface area contributed by atoms with E-state index in [1.165, 1.54) is 25.3 Å². The van der Waals surface area contributed by atoms with E-state index < -0.39 is 16.6 Å². The van der Waals surface area contributed by atoms with Gasteiger partial charge in [0.25, 0.3) is 5.56 Å². The van der Waals surface area contributed by atoms with E-state index in [4.69, 9.17) is 32.9 Å². The fourth-order valence-electron chi connectivity index (χ4n) is 3.69. The highest BCUT2D eigenvalue weighted by Gasteiger charge is 2.31. The Kier molecular flexibility index (Phi) is 7.98. The number of nitrogens with zero attached hydrogens (tertiary/aromatic N) is 2. The number of alkyl halides is 1. The molecule has 0 aliphatic heterocycles. The molecule has 0 fully saturated rings. The molecule has 2 heterocycles. The van der Waals surface area contributed by atoms with Crippen LogP contribution >= 0.6 is 23.2 Å². The van der Waals surface area contributed by atoms with Gasteiger partial charge in [-0.1, -0.05) is 60.2 Å². The standard InChI is InChI=1S/C27H26Cl2FN3O2/c1-6-12-26(4,13-7-2)23-22(25(34)33-24(32-23)18-11-14-31-16-21(18)29)35-17-9-10-20(28)19(15-17)27(5,30)8-3/h6-16H,3H2,1-2,4-5H3,(H,32,33,34). The summed E-state index contributed by atoms with van der Waals surface area (Å²) < 4.78 is 21.0. The first-order valence-electron chi connectivity index (χ1n) is 10.9. The average molecular weight is 514 g/mol. The van der Waals surface area contributed by atoms with E-state index in [0.717, 1.165) is 6.08 Å². The topological polar surface area (TPSA) is 67.9 Å². The average Bonchev–Trinajstić information content (AvgIpc) is 2.81. The van der Waals surface area contributed by atoms with Crippen LogP contribution in [-0.4, -0.2) is 15.0 Å². The molecule has 3 aromatic rings. The van der Waals surface area contributed by atoms with Crippen molar-refractivity contribution in [2.24, 2.45) is 0 Å². The molecule has 3 rings (SSSR count). The molecule has 0 amide bonds. The Labute approximate surface area is 214 Å². The maximum atomic E-state index is 15.0. The van der Waals surface area contributed by atoms with Crippen LogP contribution in [0.25, 0.3) is 11.4 Å². The van der Waals surface area contributed by atoms with E-state index in [2.05, 4.69) is 16.5 Å². The van der Waals surface area contributed by atoms with E-state index >= 15 is 0 Å². The Morgan fingerprint density at radius 1 is 1.11 bits per heavy atom. The molecule has 2 aromatic heterocycles. The number of ether oxygens (including phenoxy) is 1. The van der Waals surface area contributed by atoms with E-state index in [1.54, 1.807) is 18.3 Å². The van der Waals surface area contributed by atoms with Crippen LogP contribution in [0, 0.1) is 0 Å². The number of aromatic nitrogens is 3. The number of benzene rings is 1. The van der Waals surface area contributed by atoms with Gasteiger partial charge >= 0.3 is 0 Å². The van der Waals surface area contributed by atoms with Gasteiger partial charge < -0.3 is 9.72 Å². The SMILES string of the molecule is C=CC(C)(F)c1cc(Oc2c(C(C)(C=CC)C=CC)nc(-c3ccncc3Cl)[nH]c2=O)ccc1Cl. The second-order valence-corrected chi connectivity index (χ2v) is 9.07. The van der Waals surface area contributed by atoms with E-state index in [9.17, 15) is 9.18 Å². The molecule has 1 aromatic carbocycles. The molecule has 0 saturated heterocycles. The Morgan fingerprint density at radius 2 is 1.80 bits per heavy atom. The lowest BCUT2D eigenvalue weighted by atomic mass is 9.85. The molecular formula is C27H26Cl2FN3O2. The number of aromatic amines is 1. The summed E-state index contributed by atoms with van der Waals surface area (Å²) in [5.41, 5.74) is -2.18. The van der Waals surface area contributed by atoms with E-state index in [-0.39, 0.29) is 27.9 Å². The van der Waals surface area contributed by atoms with Crippen LogP contribution in [0.15, 0.2) is 78.4 Å². The summed E-state index contributed by atoms with van der Waals surface area (Å²) in [5.74, 6) is 0.455. The number of H-pyrrole nitrogens is 1. The Morgan fingerprint density at radius 3 is 2.40 bits per heavy atom. The zero-order valence-electron chi connectivity index (χ0n) is 19.9. The third kappa shape index (κ3) is 5.55. The van der Waals surface area contributed by atoms with Gasteiger partial charge in [0.2, 0.25) is 5.75 Å². The van der Waals surface area contributed by atoms with Crippen LogP contribution in [-0.2, 0) is 11.1 Å². The summed E-state index contributed by atoms with van der Waals surface area (Å²) in [5, 5.41) is 0.549. The summed E-state index contributed by atoms with van der Waals surface area (Å²) in [4.78, 5) is 24.9. The number of hydrogen-bond acceptors (Lipinski definition) is 4. The largest absolute Gasteiger partial charge is 0.450 e. The molecule has 0 radical (unpaired) electrons. The van der Waals surface area contributed by atoms with Crippen LogP contribution in [0.3, 0.4) is 0 Å². The van der Waals surface area contributed by atoms with Gasteiger partial charge in [-0.2, -0.15) is 0 Å². The Bertz CT molecular complexity index is 1350. The van der Waals surface area contributed by atoms with Gasteiger partial charge in [-0.15, -0.1) is 0 Å². The number of hydrogen-bond donors (Lipinski definition) is 1. The highest BCUT2D eigenvalue weighted by Crippen LogP contribution is 2.38. The summed E-state index contributed by atoms with van der Waals surface area (Å²) in [7, 11) is 0. The minimum atomic E-state index is -1.89. The lowest BCUT2D eigenvalue weighted by Crippen LogP contribution is -2.25. The van der Waals surface area contributed by atoms with Gasteiger partial charge in [-0.05, 0) is 52.0 Å². The third-order valence-corrected chi connectivity index (χ3v) is 6.14. The van der Waals surface area contributed by atoms with Crippen molar-refractivity contribution in [2.75, 3.05) is 0 Å². The van der Waals surface area contributed by atoms with Crippen LogP contribution in [0.1, 0.15) is 39.0 Å². The van der Waals surface area contributed by atoms with Crippen molar-refractivity contribution in [3.8, 4) is 22.9 Å². The summed E-state index contributed by atoms with van der Waals surface area (Å²) in [6.45, 7) is 10.5. The monoisotopic (exact) mass is 513 g/mol. The molecule has 1 atom stereocenters. The van der Waals surface area contributed by atoms with Gasteiger partial charge in [0.05, 0.1) is 5.02 Å². The van der Waals surface area contributed by atoms with Crippen molar-refractivity contribution in [3.05, 3.63) is 105 Å². The number of nitrogens with one attached hydrogen (secondary N) is 1. The van der Waals surface area contributed by atoms with Crippen molar-refractivity contribution in [1.29, 1.82) is 0 Å². The maximum Gasteiger partial charge on any atom is 0.294 e. The molecular weight excluding hydrogens is 488 g/mol. The number of pyridine rings is 1. The van der Waals surface area contributed by atoms with Crippen LogP contribution in [0.2, 0.25) is 10.0 Å². The minimum absolute atomic E-state index is 0.0370. The van der Waals surface area contributed by atoms with Crippen LogP contribution < -0.4 is 10.3 Å². The van der Waals surface area contributed by atoms with Crippen molar-refractivity contribution in [2.45, 2.75) is 38.8 Å². The van der Waals surface area contributed by atoms with Gasteiger partial charge in [-0.25, -0.2) is 9.37 Å². The van der Waals surface area contributed by atoms with E-state index in [1.807, 2.05) is 45.1 Å². The van der Waals surface area contributed by atoms with Crippen molar-refractivity contribution >= 4 is 23.2 Å².